The molecule has 2 aromatic carbocycles. The normalized spacial score (nSPS) is 11.0. The predicted octanol–water partition coefficient (Wildman–Crippen LogP) is 3.38. The quantitative estimate of drug-likeness (QED) is 0.412. The molecular weight excluding hydrogens is 242 g/mol. The number of anilines is 2. The van der Waals surface area contributed by atoms with E-state index in [9.17, 15) is 0 Å². The minimum atomic E-state index is 0.781. The van der Waals surface area contributed by atoms with Gasteiger partial charge in [0.05, 0.1) is 0 Å². The van der Waals surface area contributed by atoms with Crippen LogP contribution in [-0.2, 0) is 0 Å². The van der Waals surface area contributed by atoms with Gasteiger partial charge in [0, 0.05) is 37.6 Å². The fraction of sp³-hybridized carbons (Fsp3) is 0.143. The van der Waals surface area contributed by atoms with Gasteiger partial charge in [-0.1, -0.05) is 0 Å². The van der Waals surface area contributed by atoms with Crippen molar-refractivity contribution in [1.82, 2.24) is 4.98 Å². The van der Waals surface area contributed by atoms with Crippen molar-refractivity contribution in [2.75, 3.05) is 24.7 Å². The summed E-state index contributed by atoms with van der Waals surface area (Å²) in [6.07, 6.45) is 0. The predicted molar refractivity (Wildman–Crippen MR) is 80.3 cm³/mol. The van der Waals surface area contributed by atoms with Crippen molar-refractivity contribution < 1.29 is 0 Å². The van der Waals surface area contributed by atoms with Gasteiger partial charge in [-0.3, -0.25) is 0 Å². The number of nitrogens with two attached hydrogens (primary N) is 1. The largest absolute Gasteiger partial charge is 0.399 e. The average Bonchev–Trinajstić information content (AvgIpc) is 2.35. The third-order valence-corrected chi connectivity index (χ3v) is 4.00. The summed E-state index contributed by atoms with van der Waals surface area (Å²) in [5.74, 6) is 0. The minimum Gasteiger partial charge on any atom is -0.399 e. The Hall–Kier alpha value is -1.94. The van der Waals surface area contributed by atoms with E-state index in [0.717, 1.165) is 21.4 Å². The topological polar surface area (TPSA) is 42.2 Å². The Bertz CT molecular complexity index is 738. The van der Waals surface area contributed by atoms with E-state index in [1.54, 1.807) is 11.3 Å². The molecule has 3 aromatic rings. The maximum absolute atomic E-state index is 5.82. The van der Waals surface area contributed by atoms with Gasteiger partial charge in [0.1, 0.15) is 11.0 Å². The highest BCUT2D eigenvalue weighted by Gasteiger charge is 2.13. The molecule has 3 nitrogen and oxygen atoms in total. The fourth-order valence-electron chi connectivity index (χ4n) is 1.91. The Kier molecular flexibility index (Phi) is 2.52. The number of fused-ring (bicyclic) bond motifs is 2. The lowest BCUT2D eigenvalue weighted by Crippen LogP contribution is -2.07. The summed E-state index contributed by atoms with van der Waals surface area (Å²) in [4.78, 5) is 6.75. The van der Waals surface area contributed by atoms with Crippen molar-refractivity contribution in [1.29, 1.82) is 0 Å². The van der Waals surface area contributed by atoms with Gasteiger partial charge in [-0.25, -0.2) is 4.98 Å². The van der Waals surface area contributed by atoms with E-state index >= 15 is 0 Å². The zero-order valence-electron chi connectivity index (χ0n) is 10.3. The van der Waals surface area contributed by atoms with E-state index in [-0.39, 0.29) is 0 Å². The van der Waals surface area contributed by atoms with Gasteiger partial charge >= 0.3 is 0 Å². The molecule has 0 radical (unpaired) electrons. The molecule has 0 spiro atoms. The van der Waals surface area contributed by atoms with Crippen LogP contribution in [0.1, 0.15) is 0 Å². The summed E-state index contributed by atoms with van der Waals surface area (Å²) in [6.45, 7) is 0. The Morgan fingerprint density at radius 1 is 1.00 bits per heavy atom. The SMILES string of the molecule is CN(C)c1ccc2nc3ccc(N)cc3[s+]c2c1. The van der Waals surface area contributed by atoms with E-state index in [1.807, 2.05) is 32.3 Å². The zero-order valence-corrected chi connectivity index (χ0v) is 11.2. The third-order valence-electron chi connectivity index (χ3n) is 2.90. The second-order valence-electron chi connectivity index (χ2n) is 4.49. The molecule has 3 rings (SSSR count). The molecule has 0 unspecified atom stereocenters. The van der Waals surface area contributed by atoms with Crippen LogP contribution < -0.4 is 10.6 Å². The molecule has 0 fully saturated rings. The Labute approximate surface area is 109 Å². The van der Waals surface area contributed by atoms with E-state index in [2.05, 4.69) is 28.1 Å². The minimum absolute atomic E-state index is 0.781. The molecule has 0 amide bonds. The number of hydrogen-bond acceptors (Lipinski definition) is 3. The van der Waals surface area contributed by atoms with E-state index in [4.69, 9.17) is 5.73 Å². The molecule has 0 aliphatic rings. The fourth-order valence-corrected chi connectivity index (χ4v) is 2.96. The van der Waals surface area contributed by atoms with E-state index in [0.29, 0.717) is 0 Å². The van der Waals surface area contributed by atoms with Gasteiger partial charge in [0.2, 0.25) is 11.3 Å². The molecule has 0 aliphatic heterocycles. The molecule has 1 heterocycles. The number of nitrogens with zero attached hydrogens (tertiary/aromatic N) is 2. The number of hydrogen-bond donors (Lipinski definition) is 1. The number of benzene rings is 2. The lowest BCUT2D eigenvalue weighted by atomic mass is 10.2. The van der Waals surface area contributed by atoms with Gasteiger partial charge in [0.15, 0.2) is 0 Å². The van der Waals surface area contributed by atoms with Crippen LogP contribution in [0.5, 0.6) is 0 Å². The van der Waals surface area contributed by atoms with Crippen LogP contribution in [0.4, 0.5) is 11.4 Å². The molecule has 90 valence electrons. The van der Waals surface area contributed by atoms with Gasteiger partial charge in [-0.05, 0) is 24.3 Å². The van der Waals surface area contributed by atoms with Crippen LogP contribution in [0, 0.1) is 0 Å². The number of rotatable bonds is 1. The molecule has 0 aliphatic carbocycles. The summed E-state index contributed by atoms with van der Waals surface area (Å²) in [5, 5.41) is 0. The van der Waals surface area contributed by atoms with Crippen LogP contribution in [0.25, 0.3) is 20.4 Å². The summed E-state index contributed by atoms with van der Waals surface area (Å²) >= 11 is 1.73. The third kappa shape index (κ3) is 1.84. The second-order valence-corrected chi connectivity index (χ2v) is 5.57. The molecular formula is C14H14N3S+. The molecule has 2 N–H and O–H groups in total. The summed E-state index contributed by atoms with van der Waals surface area (Å²) in [5.41, 5.74) is 9.81. The molecule has 0 bridgehead atoms. The molecule has 0 atom stereocenters. The van der Waals surface area contributed by atoms with Crippen LogP contribution in [0.15, 0.2) is 36.4 Å². The lowest BCUT2D eigenvalue weighted by molar-refractivity contribution is 1.14. The highest BCUT2D eigenvalue weighted by Crippen LogP contribution is 2.29. The first-order valence-corrected chi connectivity index (χ1v) is 6.55. The van der Waals surface area contributed by atoms with Crippen LogP contribution in [-0.4, -0.2) is 19.1 Å². The summed E-state index contributed by atoms with van der Waals surface area (Å²) in [7, 11) is 4.08. The van der Waals surface area contributed by atoms with Crippen molar-refractivity contribution in [3.8, 4) is 0 Å². The average molecular weight is 256 g/mol. The summed E-state index contributed by atoms with van der Waals surface area (Å²) in [6, 6.07) is 12.2. The van der Waals surface area contributed by atoms with Crippen LogP contribution in [0.3, 0.4) is 0 Å². The molecule has 4 heteroatoms. The van der Waals surface area contributed by atoms with Crippen molar-refractivity contribution in [3.05, 3.63) is 36.4 Å². The van der Waals surface area contributed by atoms with E-state index in [1.165, 1.54) is 10.4 Å². The monoisotopic (exact) mass is 256 g/mol. The van der Waals surface area contributed by atoms with Gasteiger partial charge in [-0.15, -0.1) is 0 Å². The maximum Gasteiger partial charge on any atom is 0.259 e. The maximum atomic E-state index is 5.82. The molecule has 0 saturated heterocycles. The molecule has 0 saturated carbocycles. The van der Waals surface area contributed by atoms with Crippen molar-refractivity contribution in [2.45, 2.75) is 0 Å². The number of nitrogen functional groups attached to an aromatic ring is 1. The highest BCUT2D eigenvalue weighted by atomic mass is 32.1. The first kappa shape index (κ1) is 11.2. The summed E-state index contributed by atoms with van der Waals surface area (Å²) < 4.78 is 2.30. The van der Waals surface area contributed by atoms with Gasteiger partial charge in [0.25, 0.3) is 9.40 Å². The Morgan fingerprint density at radius 2 is 1.67 bits per heavy atom. The zero-order chi connectivity index (χ0) is 12.7. The first-order valence-electron chi connectivity index (χ1n) is 5.74. The Balaban J connectivity index is 2.31. The Morgan fingerprint density at radius 3 is 2.39 bits per heavy atom. The van der Waals surface area contributed by atoms with Gasteiger partial charge in [-0.2, -0.15) is 0 Å². The first-order chi connectivity index (χ1) is 8.63. The standard InChI is InChI=1S/C14H14N3S/c1-17(2)10-4-6-12-14(8-10)18-13-7-9(15)3-5-11(13)16-12/h3-8H,15H2,1-2H3/q+1. The van der Waals surface area contributed by atoms with Crippen LogP contribution >= 0.6 is 11.3 Å². The lowest BCUT2D eigenvalue weighted by Gasteiger charge is -2.10. The smallest absolute Gasteiger partial charge is 0.259 e. The van der Waals surface area contributed by atoms with Crippen molar-refractivity contribution >= 4 is 43.1 Å². The van der Waals surface area contributed by atoms with Gasteiger partial charge < -0.3 is 10.6 Å². The highest BCUT2D eigenvalue weighted by molar-refractivity contribution is 7.24. The molecule has 1 aromatic heterocycles. The van der Waals surface area contributed by atoms with Crippen molar-refractivity contribution in [3.63, 3.8) is 0 Å². The second kappa shape index (κ2) is 4.07. The van der Waals surface area contributed by atoms with Crippen molar-refractivity contribution in [2.24, 2.45) is 0 Å². The molecule has 18 heavy (non-hydrogen) atoms. The van der Waals surface area contributed by atoms with Crippen LogP contribution in [0.2, 0.25) is 0 Å². The van der Waals surface area contributed by atoms with E-state index < -0.39 is 0 Å². The number of aromatic nitrogens is 1.